The van der Waals surface area contributed by atoms with Crippen molar-refractivity contribution >= 4 is 48.7 Å². The zero-order valence-electron chi connectivity index (χ0n) is 19.4. The first-order chi connectivity index (χ1) is 16.6. The third kappa shape index (κ3) is 5.75. The van der Waals surface area contributed by atoms with Gasteiger partial charge in [-0.1, -0.05) is 12.1 Å². The fourth-order valence-corrected chi connectivity index (χ4v) is 7.61. The Morgan fingerprint density at radius 1 is 0.971 bits per heavy atom. The van der Waals surface area contributed by atoms with Crippen LogP contribution in [0.2, 0.25) is 0 Å². The van der Waals surface area contributed by atoms with E-state index in [1.165, 1.54) is 28.6 Å². The lowest BCUT2D eigenvalue weighted by Crippen LogP contribution is -2.43. The van der Waals surface area contributed by atoms with E-state index in [1.807, 2.05) is 19.9 Å². The van der Waals surface area contributed by atoms with Gasteiger partial charge < -0.3 is 5.32 Å². The molecule has 0 bridgehead atoms. The largest absolute Gasteiger partial charge is 0.326 e. The molecule has 186 valence electrons. The molecule has 1 aromatic heterocycles. The lowest BCUT2D eigenvalue weighted by Gasteiger charge is -2.30. The predicted octanol–water partition coefficient (Wildman–Crippen LogP) is 4.21. The highest BCUT2D eigenvalue weighted by Gasteiger charge is 2.33. The average Bonchev–Trinajstić information content (AvgIpc) is 3.38. The molecule has 1 aliphatic heterocycles. The molecule has 0 radical (unpaired) electrons. The molecule has 8 nitrogen and oxygen atoms in total. The van der Waals surface area contributed by atoms with Gasteiger partial charge in [-0.15, -0.1) is 11.3 Å². The molecule has 4 rings (SSSR count). The van der Waals surface area contributed by atoms with Crippen LogP contribution in [0.5, 0.6) is 0 Å². The minimum absolute atomic E-state index is 0.0691. The van der Waals surface area contributed by atoms with Crippen LogP contribution < -0.4 is 10.0 Å². The molecule has 0 saturated carbocycles. The van der Waals surface area contributed by atoms with Gasteiger partial charge in [0.1, 0.15) is 4.21 Å². The van der Waals surface area contributed by atoms with Crippen LogP contribution in [0.4, 0.5) is 11.4 Å². The summed E-state index contributed by atoms with van der Waals surface area (Å²) in [5.74, 6) is -0.784. The van der Waals surface area contributed by atoms with Gasteiger partial charge in [-0.3, -0.25) is 9.52 Å². The normalized spacial score (nSPS) is 17.1. The zero-order chi connectivity index (χ0) is 25.2. The van der Waals surface area contributed by atoms with E-state index in [2.05, 4.69) is 10.0 Å². The highest BCUT2D eigenvalue weighted by molar-refractivity contribution is 7.92. The molecule has 0 unspecified atom stereocenters. The Bertz CT molecular complexity index is 1420. The standard InChI is InChI=1S/C24H27N3O5S3/c1-17-7-8-21(15-18(17)2)26-34(29,30)22-11-9-20(10-12-22)25-24(28)19-5-3-13-27(16-19)35(31,32)23-6-4-14-33-23/h4,6-12,14-15,19,26H,3,5,13,16H2,1-2H3,(H,25,28)/t19-/m1/s1. The minimum atomic E-state index is -3.79. The molecular weight excluding hydrogens is 506 g/mol. The molecule has 3 aromatic rings. The van der Waals surface area contributed by atoms with E-state index in [0.717, 1.165) is 22.5 Å². The average molecular weight is 534 g/mol. The lowest BCUT2D eigenvalue weighted by atomic mass is 9.99. The number of nitrogens with one attached hydrogen (secondary N) is 2. The Morgan fingerprint density at radius 2 is 1.69 bits per heavy atom. The Hall–Kier alpha value is -2.73. The highest BCUT2D eigenvalue weighted by Crippen LogP contribution is 2.27. The number of benzene rings is 2. The van der Waals surface area contributed by atoms with Crippen LogP contribution in [0, 0.1) is 19.8 Å². The van der Waals surface area contributed by atoms with Crippen molar-refractivity contribution in [1.82, 2.24) is 4.31 Å². The van der Waals surface area contributed by atoms with Gasteiger partial charge in [0.2, 0.25) is 5.91 Å². The van der Waals surface area contributed by atoms with Gasteiger partial charge in [-0.05, 0) is 85.7 Å². The van der Waals surface area contributed by atoms with Gasteiger partial charge in [-0.25, -0.2) is 16.8 Å². The second-order valence-electron chi connectivity index (χ2n) is 8.55. The first-order valence-electron chi connectivity index (χ1n) is 11.1. The van der Waals surface area contributed by atoms with E-state index in [1.54, 1.807) is 29.6 Å². The molecule has 0 aliphatic carbocycles. The van der Waals surface area contributed by atoms with Gasteiger partial charge >= 0.3 is 0 Å². The number of carbonyl (C=O) groups excluding carboxylic acids is 1. The smallest absolute Gasteiger partial charge is 0.261 e. The molecule has 2 heterocycles. The second kappa shape index (κ2) is 10.1. The fourth-order valence-electron chi connectivity index (χ4n) is 3.89. The third-order valence-corrected chi connectivity index (χ3v) is 10.7. The summed E-state index contributed by atoms with van der Waals surface area (Å²) >= 11 is 1.16. The Kier molecular flexibility index (Phi) is 7.32. The number of hydrogen-bond donors (Lipinski definition) is 2. The maximum absolute atomic E-state index is 12.8. The molecule has 1 aliphatic rings. The van der Waals surface area contributed by atoms with Crippen LogP contribution in [0.3, 0.4) is 0 Å². The summed E-state index contributed by atoms with van der Waals surface area (Å²) in [7, 11) is -7.40. The van der Waals surface area contributed by atoms with Gasteiger partial charge in [0.25, 0.3) is 20.0 Å². The number of rotatable bonds is 7. The van der Waals surface area contributed by atoms with Gasteiger partial charge in [0.05, 0.1) is 10.8 Å². The van der Waals surface area contributed by atoms with Crippen molar-refractivity contribution in [3.8, 4) is 0 Å². The van der Waals surface area contributed by atoms with Crippen molar-refractivity contribution in [2.45, 2.75) is 35.8 Å². The molecule has 0 spiro atoms. The van der Waals surface area contributed by atoms with Gasteiger partial charge in [0, 0.05) is 24.5 Å². The zero-order valence-corrected chi connectivity index (χ0v) is 21.8. The van der Waals surface area contributed by atoms with Crippen molar-refractivity contribution in [3.63, 3.8) is 0 Å². The third-order valence-electron chi connectivity index (χ3n) is 6.04. The van der Waals surface area contributed by atoms with Crippen LogP contribution in [-0.2, 0) is 24.8 Å². The number of hydrogen-bond acceptors (Lipinski definition) is 6. The molecule has 1 saturated heterocycles. The summed E-state index contributed by atoms with van der Waals surface area (Å²) in [4.78, 5) is 12.9. The molecular formula is C24H27N3O5S3. The number of carbonyl (C=O) groups is 1. The summed E-state index contributed by atoms with van der Waals surface area (Å²) in [6.07, 6.45) is 1.17. The van der Waals surface area contributed by atoms with Crippen LogP contribution in [0.25, 0.3) is 0 Å². The summed E-state index contributed by atoms with van der Waals surface area (Å²) in [6.45, 7) is 4.35. The van der Waals surface area contributed by atoms with Crippen LogP contribution >= 0.6 is 11.3 Å². The van der Waals surface area contributed by atoms with E-state index in [4.69, 9.17) is 0 Å². The topological polar surface area (TPSA) is 113 Å². The summed E-state index contributed by atoms with van der Waals surface area (Å²) in [5, 5.41) is 4.50. The summed E-state index contributed by atoms with van der Waals surface area (Å²) in [5.41, 5.74) is 2.97. The number of piperidine rings is 1. The van der Waals surface area contributed by atoms with Crippen molar-refractivity contribution < 1.29 is 21.6 Å². The molecule has 1 atom stereocenters. The SMILES string of the molecule is Cc1ccc(NS(=O)(=O)c2ccc(NC(=O)[C@@H]3CCCN(S(=O)(=O)c4cccs4)C3)cc2)cc1C. The number of sulfonamides is 2. The number of amides is 1. The van der Waals surface area contributed by atoms with Crippen molar-refractivity contribution in [1.29, 1.82) is 0 Å². The predicted molar refractivity (Wildman–Crippen MR) is 138 cm³/mol. The minimum Gasteiger partial charge on any atom is -0.326 e. The maximum atomic E-state index is 12.8. The highest BCUT2D eigenvalue weighted by atomic mass is 32.2. The first-order valence-corrected chi connectivity index (χ1v) is 14.9. The number of anilines is 2. The monoisotopic (exact) mass is 533 g/mol. The maximum Gasteiger partial charge on any atom is 0.261 e. The molecule has 1 fully saturated rings. The van der Waals surface area contributed by atoms with Crippen molar-refractivity contribution in [3.05, 3.63) is 71.1 Å². The summed E-state index contributed by atoms with van der Waals surface area (Å²) < 4.78 is 55.3. The Morgan fingerprint density at radius 3 is 2.34 bits per heavy atom. The first kappa shape index (κ1) is 25.4. The van der Waals surface area contributed by atoms with E-state index < -0.39 is 26.0 Å². The lowest BCUT2D eigenvalue weighted by molar-refractivity contribution is -0.120. The van der Waals surface area contributed by atoms with Crippen LogP contribution in [0.15, 0.2) is 69.1 Å². The van der Waals surface area contributed by atoms with Gasteiger partial charge in [-0.2, -0.15) is 4.31 Å². The quantitative estimate of drug-likeness (QED) is 0.473. The van der Waals surface area contributed by atoms with Crippen molar-refractivity contribution in [2.24, 2.45) is 5.92 Å². The summed E-state index contributed by atoms with van der Waals surface area (Å²) in [6, 6.07) is 14.5. The van der Waals surface area contributed by atoms with Crippen LogP contribution in [-0.4, -0.2) is 40.1 Å². The number of thiophene rings is 1. The molecule has 2 aromatic carbocycles. The van der Waals surface area contributed by atoms with E-state index in [0.29, 0.717) is 30.8 Å². The van der Waals surface area contributed by atoms with Crippen LogP contribution in [0.1, 0.15) is 24.0 Å². The van der Waals surface area contributed by atoms with E-state index >= 15 is 0 Å². The molecule has 1 amide bonds. The molecule has 11 heteroatoms. The van der Waals surface area contributed by atoms with E-state index in [9.17, 15) is 21.6 Å². The van der Waals surface area contributed by atoms with Gasteiger partial charge in [0.15, 0.2) is 0 Å². The second-order valence-corrected chi connectivity index (χ2v) is 13.3. The Balaban J connectivity index is 1.40. The number of nitrogens with zero attached hydrogens (tertiary/aromatic N) is 1. The van der Waals surface area contributed by atoms with Crippen molar-refractivity contribution in [2.75, 3.05) is 23.1 Å². The number of aryl methyl sites for hydroxylation is 2. The fraction of sp³-hybridized carbons (Fsp3) is 0.292. The Labute approximate surface area is 210 Å². The molecule has 2 N–H and O–H groups in total. The molecule has 35 heavy (non-hydrogen) atoms. The van der Waals surface area contributed by atoms with E-state index in [-0.39, 0.29) is 21.6 Å².